The van der Waals surface area contributed by atoms with Crippen LogP contribution in [0.1, 0.15) is 19.8 Å². The molecular formula is C8H15F2NO. The van der Waals surface area contributed by atoms with Gasteiger partial charge in [0.25, 0.3) is 5.92 Å². The first-order valence-corrected chi connectivity index (χ1v) is 4.28. The van der Waals surface area contributed by atoms with Crippen molar-refractivity contribution < 1.29 is 13.9 Å². The lowest BCUT2D eigenvalue weighted by molar-refractivity contribution is 0.0110. The van der Waals surface area contributed by atoms with Crippen molar-refractivity contribution in [3.63, 3.8) is 0 Å². The quantitative estimate of drug-likeness (QED) is 0.701. The summed E-state index contributed by atoms with van der Waals surface area (Å²) in [6.07, 6.45) is 0.155. The summed E-state index contributed by atoms with van der Waals surface area (Å²) in [6, 6.07) is 0. The lowest BCUT2D eigenvalue weighted by Gasteiger charge is -2.15. The minimum Gasteiger partial charge on any atom is -0.393 e. The van der Waals surface area contributed by atoms with E-state index in [0.29, 0.717) is 19.5 Å². The highest BCUT2D eigenvalue weighted by Crippen LogP contribution is 2.26. The summed E-state index contributed by atoms with van der Waals surface area (Å²) in [7, 11) is 0. The second-order valence-electron chi connectivity index (χ2n) is 3.52. The molecule has 1 heterocycles. The van der Waals surface area contributed by atoms with Gasteiger partial charge in [-0.1, -0.05) is 0 Å². The van der Waals surface area contributed by atoms with E-state index in [1.165, 1.54) is 0 Å². The summed E-state index contributed by atoms with van der Waals surface area (Å²) in [5.41, 5.74) is 0. The van der Waals surface area contributed by atoms with E-state index in [4.69, 9.17) is 5.11 Å². The van der Waals surface area contributed by atoms with Crippen molar-refractivity contribution in [2.45, 2.75) is 31.8 Å². The van der Waals surface area contributed by atoms with Crippen molar-refractivity contribution >= 4 is 0 Å². The lowest BCUT2D eigenvalue weighted by Crippen LogP contribution is -2.27. The van der Waals surface area contributed by atoms with Gasteiger partial charge in [-0.05, 0) is 13.3 Å². The summed E-state index contributed by atoms with van der Waals surface area (Å²) < 4.78 is 25.2. The minimum absolute atomic E-state index is 0.0349. The van der Waals surface area contributed by atoms with Crippen molar-refractivity contribution in [1.29, 1.82) is 0 Å². The smallest absolute Gasteiger partial charge is 0.261 e. The number of rotatable bonds is 3. The fourth-order valence-electron chi connectivity index (χ4n) is 1.37. The van der Waals surface area contributed by atoms with Crippen molar-refractivity contribution in [3.05, 3.63) is 0 Å². The molecule has 0 radical (unpaired) electrons. The Kier molecular flexibility index (Phi) is 3.01. The topological polar surface area (TPSA) is 23.5 Å². The Morgan fingerprint density at radius 3 is 2.67 bits per heavy atom. The third-order valence-electron chi connectivity index (χ3n) is 2.11. The second kappa shape index (κ2) is 3.66. The highest BCUT2D eigenvalue weighted by Gasteiger charge is 2.37. The Morgan fingerprint density at radius 2 is 2.25 bits per heavy atom. The lowest BCUT2D eigenvalue weighted by atomic mass is 10.3. The number of likely N-dealkylation sites (tertiary alicyclic amines) is 1. The number of hydrogen-bond donors (Lipinski definition) is 1. The molecule has 12 heavy (non-hydrogen) atoms. The molecule has 4 heteroatoms. The normalized spacial score (nSPS) is 26.0. The molecule has 0 aromatic rings. The molecule has 0 aliphatic carbocycles. The SMILES string of the molecule is CC(O)CCN1CCC(F)(F)C1. The molecule has 0 aromatic heterocycles. The zero-order valence-corrected chi connectivity index (χ0v) is 7.26. The Balaban J connectivity index is 2.20. The van der Waals surface area contributed by atoms with Crippen LogP contribution in [0.2, 0.25) is 0 Å². The van der Waals surface area contributed by atoms with Gasteiger partial charge >= 0.3 is 0 Å². The predicted molar refractivity (Wildman–Crippen MR) is 42.3 cm³/mol. The average molecular weight is 179 g/mol. The third-order valence-corrected chi connectivity index (χ3v) is 2.11. The summed E-state index contributed by atoms with van der Waals surface area (Å²) in [5, 5.41) is 8.93. The highest BCUT2D eigenvalue weighted by molar-refractivity contribution is 4.81. The number of aliphatic hydroxyl groups is 1. The van der Waals surface area contributed by atoms with Crippen molar-refractivity contribution in [2.24, 2.45) is 0 Å². The maximum absolute atomic E-state index is 12.6. The number of hydrogen-bond acceptors (Lipinski definition) is 2. The molecule has 1 aliphatic rings. The molecule has 2 nitrogen and oxygen atoms in total. The van der Waals surface area contributed by atoms with Gasteiger partial charge in [-0.3, -0.25) is 4.90 Å². The first-order chi connectivity index (χ1) is 5.49. The number of halogens is 2. The average Bonchev–Trinajstić information content (AvgIpc) is 2.26. The van der Waals surface area contributed by atoms with Crippen LogP contribution in [0.25, 0.3) is 0 Å². The Bertz CT molecular complexity index is 150. The van der Waals surface area contributed by atoms with E-state index in [2.05, 4.69) is 0 Å². The van der Waals surface area contributed by atoms with E-state index in [9.17, 15) is 8.78 Å². The number of aliphatic hydroxyl groups excluding tert-OH is 1. The molecule has 0 saturated carbocycles. The Morgan fingerprint density at radius 1 is 1.58 bits per heavy atom. The van der Waals surface area contributed by atoms with Crippen LogP contribution >= 0.6 is 0 Å². The van der Waals surface area contributed by atoms with E-state index in [-0.39, 0.29) is 19.1 Å². The fourth-order valence-corrected chi connectivity index (χ4v) is 1.37. The Labute approximate surface area is 71.2 Å². The molecule has 1 aliphatic heterocycles. The molecule has 1 atom stereocenters. The third kappa shape index (κ3) is 3.03. The van der Waals surface area contributed by atoms with Crippen LogP contribution in [-0.2, 0) is 0 Å². The van der Waals surface area contributed by atoms with Crippen molar-refractivity contribution in [3.8, 4) is 0 Å². The van der Waals surface area contributed by atoms with Crippen LogP contribution in [0.4, 0.5) is 8.78 Å². The van der Waals surface area contributed by atoms with Crippen LogP contribution in [0.15, 0.2) is 0 Å². The maximum Gasteiger partial charge on any atom is 0.261 e. The standard InChI is InChI=1S/C8H15F2NO/c1-7(12)2-4-11-5-3-8(9,10)6-11/h7,12H,2-6H2,1H3. The van der Waals surface area contributed by atoms with Crippen LogP contribution in [-0.4, -0.2) is 41.7 Å². The largest absolute Gasteiger partial charge is 0.393 e. The summed E-state index contributed by atoms with van der Waals surface area (Å²) in [4.78, 5) is 1.70. The molecule has 1 N–H and O–H groups in total. The van der Waals surface area contributed by atoms with E-state index in [1.807, 2.05) is 0 Å². The first-order valence-electron chi connectivity index (χ1n) is 4.28. The molecule has 0 aromatic carbocycles. The molecule has 0 bridgehead atoms. The monoisotopic (exact) mass is 179 g/mol. The summed E-state index contributed by atoms with van der Waals surface area (Å²) >= 11 is 0. The van der Waals surface area contributed by atoms with E-state index >= 15 is 0 Å². The Hall–Kier alpha value is -0.220. The van der Waals surface area contributed by atoms with Gasteiger partial charge < -0.3 is 5.11 Å². The van der Waals surface area contributed by atoms with Gasteiger partial charge in [-0.2, -0.15) is 0 Å². The maximum atomic E-state index is 12.6. The van der Waals surface area contributed by atoms with E-state index in [1.54, 1.807) is 11.8 Å². The number of alkyl halides is 2. The molecule has 1 unspecified atom stereocenters. The first kappa shape index (κ1) is 9.86. The van der Waals surface area contributed by atoms with Gasteiger partial charge in [0.1, 0.15) is 0 Å². The second-order valence-corrected chi connectivity index (χ2v) is 3.52. The van der Waals surface area contributed by atoms with Crippen molar-refractivity contribution in [1.82, 2.24) is 4.90 Å². The van der Waals surface area contributed by atoms with Gasteiger partial charge in [-0.15, -0.1) is 0 Å². The zero-order valence-electron chi connectivity index (χ0n) is 7.26. The van der Waals surface area contributed by atoms with Gasteiger partial charge in [0.05, 0.1) is 12.6 Å². The van der Waals surface area contributed by atoms with Gasteiger partial charge in [-0.25, -0.2) is 8.78 Å². The summed E-state index contributed by atoms with van der Waals surface area (Å²) in [5.74, 6) is -2.50. The predicted octanol–water partition coefficient (Wildman–Crippen LogP) is 1.10. The molecule has 72 valence electrons. The van der Waals surface area contributed by atoms with Crippen LogP contribution in [0.3, 0.4) is 0 Å². The minimum atomic E-state index is -2.50. The van der Waals surface area contributed by atoms with Crippen LogP contribution in [0, 0.1) is 0 Å². The highest BCUT2D eigenvalue weighted by atomic mass is 19.3. The number of nitrogens with zero attached hydrogens (tertiary/aromatic N) is 1. The van der Waals surface area contributed by atoms with Gasteiger partial charge in [0.2, 0.25) is 0 Å². The molecule has 1 fully saturated rings. The fraction of sp³-hybridized carbons (Fsp3) is 1.00. The molecule has 1 rings (SSSR count). The zero-order chi connectivity index (χ0) is 9.19. The molecule has 1 saturated heterocycles. The van der Waals surface area contributed by atoms with E-state index < -0.39 is 5.92 Å². The van der Waals surface area contributed by atoms with Crippen LogP contribution in [0.5, 0.6) is 0 Å². The van der Waals surface area contributed by atoms with E-state index in [0.717, 1.165) is 0 Å². The summed E-state index contributed by atoms with van der Waals surface area (Å²) in [6.45, 7) is 2.57. The molecule has 0 spiro atoms. The van der Waals surface area contributed by atoms with Crippen LogP contribution < -0.4 is 0 Å². The van der Waals surface area contributed by atoms with Gasteiger partial charge in [0, 0.05) is 19.5 Å². The van der Waals surface area contributed by atoms with Gasteiger partial charge in [0.15, 0.2) is 0 Å². The molecular weight excluding hydrogens is 164 g/mol. The molecule has 0 amide bonds. The van der Waals surface area contributed by atoms with Crippen molar-refractivity contribution in [2.75, 3.05) is 19.6 Å².